The summed E-state index contributed by atoms with van der Waals surface area (Å²) < 4.78 is 5.57. The van der Waals surface area contributed by atoms with Crippen molar-refractivity contribution in [3.05, 3.63) is 53.2 Å². The minimum absolute atomic E-state index is 0.0266. The van der Waals surface area contributed by atoms with Crippen molar-refractivity contribution in [3.8, 4) is 5.88 Å². The number of aromatic nitrogens is 1. The summed E-state index contributed by atoms with van der Waals surface area (Å²) in [4.78, 5) is 17.4. The molecular formula is C21H25ClN2O2. The van der Waals surface area contributed by atoms with E-state index >= 15 is 0 Å². The number of nitrogens with one attached hydrogen (secondary N) is 1. The third kappa shape index (κ3) is 4.18. The summed E-state index contributed by atoms with van der Waals surface area (Å²) in [7, 11) is 0. The second kappa shape index (κ2) is 8.54. The van der Waals surface area contributed by atoms with Gasteiger partial charge >= 0.3 is 0 Å². The van der Waals surface area contributed by atoms with Crippen molar-refractivity contribution in [3.63, 3.8) is 0 Å². The fourth-order valence-electron chi connectivity index (χ4n) is 3.51. The first-order valence-electron chi connectivity index (χ1n) is 9.30. The number of pyridine rings is 1. The van der Waals surface area contributed by atoms with E-state index in [2.05, 4.69) is 17.2 Å². The van der Waals surface area contributed by atoms with E-state index in [-0.39, 0.29) is 5.91 Å². The predicted molar refractivity (Wildman–Crippen MR) is 105 cm³/mol. The summed E-state index contributed by atoms with van der Waals surface area (Å²) in [5.74, 6) is 0.614. The van der Waals surface area contributed by atoms with Gasteiger partial charge < -0.3 is 10.1 Å². The second-order valence-corrected chi connectivity index (χ2v) is 7.27. The molecule has 0 atom stereocenters. The van der Waals surface area contributed by atoms with Gasteiger partial charge in [0.2, 0.25) is 11.8 Å². The quantitative estimate of drug-likeness (QED) is 0.665. The van der Waals surface area contributed by atoms with Crippen LogP contribution in [-0.2, 0) is 10.2 Å². The number of hydrogen-bond acceptors (Lipinski definition) is 3. The standard InChI is InChI=1S/C21H25ClN2O2/c1-2-3-14-26-19-11-10-18(15-23-19)24-20(25)21(12-4-5-13-21)16-6-8-17(22)9-7-16/h6-11,15H,2-5,12-14H2,1H3,(H,24,25). The molecule has 1 aliphatic rings. The van der Waals surface area contributed by atoms with Crippen LogP contribution in [0.15, 0.2) is 42.6 Å². The van der Waals surface area contributed by atoms with Crippen LogP contribution in [0.5, 0.6) is 5.88 Å². The Morgan fingerprint density at radius 3 is 2.54 bits per heavy atom. The summed E-state index contributed by atoms with van der Waals surface area (Å²) in [6.45, 7) is 2.78. The molecule has 0 radical (unpaired) electrons. The lowest BCUT2D eigenvalue weighted by atomic mass is 9.78. The molecule has 0 unspecified atom stereocenters. The number of unbranched alkanes of at least 4 members (excludes halogenated alkanes) is 1. The second-order valence-electron chi connectivity index (χ2n) is 6.84. The van der Waals surface area contributed by atoms with E-state index in [4.69, 9.17) is 16.3 Å². The first-order chi connectivity index (χ1) is 12.6. The smallest absolute Gasteiger partial charge is 0.235 e. The molecule has 1 amide bonds. The summed E-state index contributed by atoms with van der Waals surface area (Å²) in [6, 6.07) is 11.3. The van der Waals surface area contributed by atoms with Crippen LogP contribution < -0.4 is 10.1 Å². The fourth-order valence-corrected chi connectivity index (χ4v) is 3.63. The van der Waals surface area contributed by atoms with Crippen LogP contribution in [0.4, 0.5) is 5.69 Å². The van der Waals surface area contributed by atoms with E-state index in [9.17, 15) is 4.79 Å². The number of nitrogens with zero attached hydrogens (tertiary/aromatic N) is 1. The molecule has 1 fully saturated rings. The number of carbonyl (C=O) groups excluding carboxylic acids is 1. The lowest BCUT2D eigenvalue weighted by Crippen LogP contribution is -2.38. The van der Waals surface area contributed by atoms with E-state index in [1.54, 1.807) is 12.3 Å². The molecule has 138 valence electrons. The number of carbonyl (C=O) groups is 1. The maximum absolute atomic E-state index is 13.1. The zero-order valence-electron chi connectivity index (χ0n) is 15.1. The molecular weight excluding hydrogens is 348 g/mol. The number of rotatable bonds is 7. The molecule has 2 aromatic rings. The maximum atomic E-state index is 13.1. The lowest BCUT2D eigenvalue weighted by molar-refractivity contribution is -0.121. The van der Waals surface area contributed by atoms with Gasteiger partial charge in [-0.25, -0.2) is 4.98 Å². The van der Waals surface area contributed by atoms with Crippen LogP contribution in [0.2, 0.25) is 5.02 Å². The summed E-state index contributed by atoms with van der Waals surface area (Å²) in [5, 5.41) is 3.73. The first-order valence-corrected chi connectivity index (χ1v) is 9.68. The molecule has 1 aromatic carbocycles. The van der Waals surface area contributed by atoms with Crippen molar-refractivity contribution in [1.82, 2.24) is 4.98 Å². The highest BCUT2D eigenvalue weighted by Gasteiger charge is 2.42. The highest BCUT2D eigenvalue weighted by Crippen LogP contribution is 2.42. The molecule has 1 heterocycles. The average molecular weight is 373 g/mol. The van der Waals surface area contributed by atoms with Crippen LogP contribution in [-0.4, -0.2) is 17.5 Å². The van der Waals surface area contributed by atoms with Gasteiger partial charge in [0.1, 0.15) is 0 Å². The van der Waals surface area contributed by atoms with Gasteiger partial charge in [-0.1, -0.05) is 49.9 Å². The van der Waals surface area contributed by atoms with Gasteiger partial charge in [0.15, 0.2) is 0 Å². The van der Waals surface area contributed by atoms with Gasteiger partial charge in [0.25, 0.3) is 0 Å². The number of ether oxygens (including phenoxy) is 1. The van der Waals surface area contributed by atoms with Crippen LogP contribution in [0, 0.1) is 0 Å². The molecule has 0 aliphatic heterocycles. The van der Waals surface area contributed by atoms with Crippen molar-refractivity contribution in [2.75, 3.05) is 11.9 Å². The van der Waals surface area contributed by atoms with Crippen molar-refractivity contribution < 1.29 is 9.53 Å². The Morgan fingerprint density at radius 1 is 1.19 bits per heavy atom. The summed E-state index contributed by atoms with van der Waals surface area (Å²) in [5.41, 5.74) is 1.24. The van der Waals surface area contributed by atoms with Gasteiger partial charge in [-0.05, 0) is 43.0 Å². The fraction of sp³-hybridized carbons (Fsp3) is 0.429. The molecule has 0 spiro atoms. The zero-order chi connectivity index (χ0) is 18.4. The molecule has 0 saturated heterocycles. The number of halogens is 1. The molecule has 1 aliphatic carbocycles. The Hall–Kier alpha value is -2.07. The Kier molecular flexibility index (Phi) is 6.15. The number of amides is 1. The Balaban J connectivity index is 1.71. The minimum atomic E-state index is -0.485. The average Bonchev–Trinajstić information content (AvgIpc) is 3.15. The Labute approximate surface area is 159 Å². The highest BCUT2D eigenvalue weighted by molar-refractivity contribution is 6.30. The van der Waals surface area contributed by atoms with Crippen LogP contribution in [0.3, 0.4) is 0 Å². The van der Waals surface area contributed by atoms with Crippen LogP contribution in [0.25, 0.3) is 0 Å². The summed E-state index contributed by atoms with van der Waals surface area (Å²) >= 11 is 6.01. The van der Waals surface area contributed by atoms with E-state index in [1.807, 2.05) is 30.3 Å². The Morgan fingerprint density at radius 2 is 1.92 bits per heavy atom. The molecule has 26 heavy (non-hydrogen) atoms. The topological polar surface area (TPSA) is 51.2 Å². The molecule has 1 aromatic heterocycles. The van der Waals surface area contributed by atoms with Gasteiger partial charge in [-0.3, -0.25) is 4.79 Å². The van der Waals surface area contributed by atoms with E-state index in [0.717, 1.165) is 44.1 Å². The lowest BCUT2D eigenvalue weighted by Gasteiger charge is -2.28. The highest BCUT2D eigenvalue weighted by atomic mass is 35.5. The third-order valence-corrected chi connectivity index (χ3v) is 5.28. The predicted octanol–water partition coefficient (Wildman–Crippen LogP) is 5.36. The minimum Gasteiger partial charge on any atom is -0.478 e. The molecule has 1 saturated carbocycles. The molecule has 1 N–H and O–H groups in total. The van der Waals surface area contributed by atoms with Gasteiger partial charge in [-0.2, -0.15) is 0 Å². The SMILES string of the molecule is CCCCOc1ccc(NC(=O)C2(c3ccc(Cl)cc3)CCCC2)cn1. The van der Waals surface area contributed by atoms with Crippen molar-refractivity contribution in [2.45, 2.75) is 50.9 Å². The van der Waals surface area contributed by atoms with E-state index in [1.165, 1.54) is 0 Å². The van der Waals surface area contributed by atoms with Gasteiger partial charge in [0, 0.05) is 11.1 Å². The molecule has 0 bridgehead atoms. The van der Waals surface area contributed by atoms with Gasteiger partial charge in [-0.15, -0.1) is 0 Å². The zero-order valence-corrected chi connectivity index (χ0v) is 15.9. The number of hydrogen-bond donors (Lipinski definition) is 1. The molecule has 3 rings (SSSR count). The molecule has 4 nitrogen and oxygen atoms in total. The van der Waals surface area contributed by atoms with Crippen molar-refractivity contribution >= 4 is 23.2 Å². The Bertz CT molecular complexity index is 723. The molecule has 5 heteroatoms. The van der Waals surface area contributed by atoms with Crippen molar-refractivity contribution in [1.29, 1.82) is 0 Å². The van der Waals surface area contributed by atoms with Crippen LogP contribution in [0.1, 0.15) is 51.0 Å². The monoisotopic (exact) mass is 372 g/mol. The van der Waals surface area contributed by atoms with E-state index in [0.29, 0.717) is 23.2 Å². The van der Waals surface area contributed by atoms with Crippen molar-refractivity contribution in [2.24, 2.45) is 0 Å². The summed E-state index contributed by atoms with van der Waals surface area (Å²) in [6.07, 6.45) is 7.56. The normalized spacial score (nSPS) is 15.6. The number of benzene rings is 1. The van der Waals surface area contributed by atoms with Crippen LogP contribution >= 0.6 is 11.6 Å². The van der Waals surface area contributed by atoms with E-state index < -0.39 is 5.41 Å². The number of anilines is 1. The first kappa shape index (κ1) is 18.7. The maximum Gasteiger partial charge on any atom is 0.235 e. The largest absolute Gasteiger partial charge is 0.478 e. The van der Waals surface area contributed by atoms with Gasteiger partial charge in [0.05, 0.1) is 23.9 Å². The third-order valence-electron chi connectivity index (χ3n) is 5.03.